The molecule has 2 aromatic carbocycles. The fraction of sp³-hybridized carbons (Fsp3) is 0.333. The molecular weight excluding hydrogens is 380 g/mol. The van der Waals surface area contributed by atoms with Crippen LogP contribution in [-0.4, -0.2) is 49.5 Å². The molecule has 28 heavy (non-hydrogen) atoms. The van der Waals surface area contributed by atoms with E-state index in [0.717, 1.165) is 16.9 Å². The van der Waals surface area contributed by atoms with Crippen LogP contribution in [0.4, 0.5) is 4.79 Å². The van der Waals surface area contributed by atoms with Crippen LogP contribution in [0.15, 0.2) is 42.5 Å². The van der Waals surface area contributed by atoms with Gasteiger partial charge in [-0.15, -0.1) is 0 Å². The molecule has 150 valence electrons. The summed E-state index contributed by atoms with van der Waals surface area (Å²) < 4.78 is 11.2. The Morgan fingerprint density at radius 3 is 2.36 bits per heavy atom. The lowest BCUT2D eigenvalue weighted by molar-refractivity contribution is 0.0803. The van der Waals surface area contributed by atoms with Crippen molar-refractivity contribution in [1.29, 1.82) is 0 Å². The van der Waals surface area contributed by atoms with Gasteiger partial charge in [0.15, 0.2) is 11.5 Å². The molecule has 0 fully saturated rings. The molecule has 0 bridgehead atoms. The Morgan fingerprint density at radius 2 is 1.75 bits per heavy atom. The smallest absolute Gasteiger partial charge is 0.326 e. The molecule has 0 atom stereocenters. The van der Waals surface area contributed by atoms with Crippen molar-refractivity contribution in [1.82, 2.24) is 9.80 Å². The van der Waals surface area contributed by atoms with E-state index in [1.54, 1.807) is 7.05 Å². The molecule has 0 N–H and O–H groups in total. The fourth-order valence-corrected chi connectivity index (χ4v) is 2.90. The van der Waals surface area contributed by atoms with Crippen molar-refractivity contribution in [2.45, 2.75) is 20.0 Å². The predicted molar refractivity (Wildman–Crippen MR) is 109 cm³/mol. The Labute approximate surface area is 170 Å². The number of carbonyl (C=O) groups excluding carboxylic acids is 2. The molecule has 0 radical (unpaired) electrons. The standard InChI is InChI=1S/C21H25ClN2O4/c1-5-11-23(2)21(26)24(3)20(25)16-12-19(18(27-4)13-17(16)22)28-14-15-9-7-6-8-10-15/h6-10,12-13H,5,11,14H2,1-4H3. The van der Waals surface area contributed by atoms with Gasteiger partial charge in [0.2, 0.25) is 0 Å². The number of benzene rings is 2. The van der Waals surface area contributed by atoms with Crippen LogP contribution in [0.2, 0.25) is 5.02 Å². The third-order valence-corrected chi connectivity index (χ3v) is 4.51. The first-order valence-electron chi connectivity index (χ1n) is 8.96. The van der Waals surface area contributed by atoms with Crippen molar-refractivity contribution in [3.8, 4) is 11.5 Å². The first kappa shape index (κ1) is 21.6. The summed E-state index contributed by atoms with van der Waals surface area (Å²) in [5, 5.41) is 0.187. The summed E-state index contributed by atoms with van der Waals surface area (Å²) in [7, 11) is 4.58. The molecule has 7 heteroatoms. The van der Waals surface area contributed by atoms with Crippen molar-refractivity contribution < 1.29 is 19.1 Å². The number of hydrogen-bond donors (Lipinski definition) is 0. The number of amides is 3. The van der Waals surface area contributed by atoms with Crippen LogP contribution in [0.5, 0.6) is 11.5 Å². The molecule has 6 nitrogen and oxygen atoms in total. The second-order valence-corrected chi connectivity index (χ2v) is 6.73. The zero-order chi connectivity index (χ0) is 20.7. The van der Waals surface area contributed by atoms with E-state index in [1.165, 1.54) is 31.2 Å². The van der Waals surface area contributed by atoms with E-state index in [4.69, 9.17) is 21.1 Å². The van der Waals surface area contributed by atoms with E-state index < -0.39 is 11.9 Å². The third kappa shape index (κ3) is 5.16. The maximum Gasteiger partial charge on any atom is 0.326 e. The van der Waals surface area contributed by atoms with Gasteiger partial charge in [-0.2, -0.15) is 0 Å². The van der Waals surface area contributed by atoms with Crippen molar-refractivity contribution in [2.75, 3.05) is 27.7 Å². The van der Waals surface area contributed by atoms with Crippen LogP contribution in [-0.2, 0) is 6.61 Å². The van der Waals surface area contributed by atoms with Crippen molar-refractivity contribution >= 4 is 23.5 Å². The fourth-order valence-electron chi connectivity index (χ4n) is 2.66. The molecular formula is C21H25ClN2O4. The Bertz CT molecular complexity index is 827. The second-order valence-electron chi connectivity index (χ2n) is 6.33. The number of hydrogen-bond acceptors (Lipinski definition) is 4. The normalized spacial score (nSPS) is 10.3. The van der Waals surface area contributed by atoms with Gasteiger partial charge < -0.3 is 14.4 Å². The summed E-state index contributed by atoms with van der Waals surface area (Å²) in [5.41, 5.74) is 1.15. The number of halogens is 1. The molecule has 0 aromatic heterocycles. The summed E-state index contributed by atoms with van der Waals surface area (Å²) in [6.07, 6.45) is 0.797. The SMILES string of the molecule is CCCN(C)C(=O)N(C)C(=O)c1cc(OCc2ccccc2)c(OC)cc1Cl. The average molecular weight is 405 g/mol. The monoisotopic (exact) mass is 404 g/mol. The van der Waals surface area contributed by atoms with Gasteiger partial charge in [-0.1, -0.05) is 48.9 Å². The van der Waals surface area contributed by atoms with Gasteiger partial charge >= 0.3 is 6.03 Å². The van der Waals surface area contributed by atoms with Crippen LogP contribution >= 0.6 is 11.6 Å². The average Bonchev–Trinajstić information content (AvgIpc) is 2.71. The summed E-state index contributed by atoms with van der Waals surface area (Å²) in [4.78, 5) is 27.8. The largest absolute Gasteiger partial charge is 0.493 e. The van der Waals surface area contributed by atoms with E-state index in [2.05, 4.69) is 0 Å². The highest BCUT2D eigenvalue weighted by atomic mass is 35.5. The molecule has 0 unspecified atom stereocenters. The number of imide groups is 1. The van der Waals surface area contributed by atoms with Crippen LogP contribution in [0.25, 0.3) is 0 Å². The summed E-state index contributed by atoms with van der Waals surface area (Å²) in [5.74, 6) is 0.279. The lowest BCUT2D eigenvalue weighted by atomic mass is 10.1. The van der Waals surface area contributed by atoms with Gasteiger partial charge in [-0.3, -0.25) is 9.69 Å². The number of urea groups is 1. The zero-order valence-corrected chi connectivity index (χ0v) is 17.3. The number of methoxy groups -OCH3 is 1. The summed E-state index contributed by atoms with van der Waals surface area (Å²) >= 11 is 6.27. The topological polar surface area (TPSA) is 59.1 Å². The Morgan fingerprint density at radius 1 is 1.07 bits per heavy atom. The highest BCUT2D eigenvalue weighted by Crippen LogP contribution is 2.34. The molecule has 0 saturated carbocycles. The van der Waals surface area contributed by atoms with Gasteiger partial charge in [0.25, 0.3) is 5.91 Å². The first-order chi connectivity index (χ1) is 13.4. The van der Waals surface area contributed by atoms with Crippen molar-refractivity contribution in [2.24, 2.45) is 0 Å². The van der Waals surface area contributed by atoms with Gasteiger partial charge in [0.05, 0.1) is 17.7 Å². The van der Waals surface area contributed by atoms with E-state index in [1.807, 2.05) is 37.3 Å². The number of ether oxygens (including phenoxy) is 2. The summed E-state index contributed by atoms with van der Waals surface area (Å²) in [6.45, 7) is 2.82. The van der Waals surface area contributed by atoms with Gasteiger partial charge in [-0.25, -0.2) is 4.79 Å². The molecule has 2 rings (SSSR count). The minimum Gasteiger partial charge on any atom is -0.493 e. The zero-order valence-electron chi connectivity index (χ0n) is 16.6. The Balaban J connectivity index is 2.26. The molecule has 0 aliphatic rings. The first-order valence-corrected chi connectivity index (χ1v) is 9.34. The highest BCUT2D eigenvalue weighted by molar-refractivity contribution is 6.34. The van der Waals surface area contributed by atoms with Gasteiger partial charge in [-0.05, 0) is 18.1 Å². The molecule has 0 aliphatic carbocycles. The van der Waals surface area contributed by atoms with E-state index in [-0.39, 0.29) is 10.6 Å². The second kappa shape index (κ2) is 9.99. The minimum atomic E-state index is -0.509. The predicted octanol–water partition coefficient (Wildman–Crippen LogP) is 4.46. The summed E-state index contributed by atoms with van der Waals surface area (Å²) in [6, 6.07) is 12.3. The molecule has 0 saturated heterocycles. The molecule has 0 heterocycles. The highest BCUT2D eigenvalue weighted by Gasteiger charge is 2.25. The van der Waals surface area contributed by atoms with Crippen molar-refractivity contribution in [3.63, 3.8) is 0 Å². The number of rotatable bonds is 7. The van der Waals surface area contributed by atoms with Crippen molar-refractivity contribution in [3.05, 3.63) is 58.6 Å². The van der Waals surface area contributed by atoms with Gasteiger partial charge in [0.1, 0.15) is 6.61 Å². The van der Waals surface area contributed by atoms with Gasteiger partial charge in [0, 0.05) is 26.7 Å². The van der Waals surface area contributed by atoms with E-state index in [0.29, 0.717) is 24.7 Å². The van der Waals surface area contributed by atoms with Crippen LogP contribution in [0.1, 0.15) is 29.3 Å². The van der Waals surface area contributed by atoms with Crippen LogP contribution < -0.4 is 9.47 Å². The molecule has 0 aliphatic heterocycles. The van der Waals surface area contributed by atoms with Crippen LogP contribution in [0.3, 0.4) is 0 Å². The molecule has 2 aromatic rings. The van der Waals surface area contributed by atoms with E-state index >= 15 is 0 Å². The minimum absolute atomic E-state index is 0.172. The maximum atomic E-state index is 12.8. The molecule has 3 amide bonds. The Hall–Kier alpha value is -2.73. The lowest BCUT2D eigenvalue weighted by Crippen LogP contribution is -2.42. The Kier molecular flexibility index (Phi) is 7.70. The van der Waals surface area contributed by atoms with Crippen LogP contribution in [0, 0.1) is 0 Å². The van der Waals surface area contributed by atoms with E-state index in [9.17, 15) is 9.59 Å². The molecule has 0 spiro atoms. The lowest BCUT2D eigenvalue weighted by Gasteiger charge is -2.24. The number of nitrogens with zero attached hydrogens (tertiary/aromatic N) is 2. The quantitative estimate of drug-likeness (QED) is 0.683. The third-order valence-electron chi connectivity index (χ3n) is 4.20. The maximum absolute atomic E-state index is 12.8. The number of carbonyl (C=O) groups is 2.